The zero-order valence-electron chi connectivity index (χ0n) is 22.6. The first-order chi connectivity index (χ1) is 19.2. The van der Waals surface area contributed by atoms with Crippen LogP contribution in [0, 0.1) is 51.9 Å². The predicted molar refractivity (Wildman–Crippen MR) is 140 cm³/mol. The van der Waals surface area contributed by atoms with Crippen LogP contribution in [0.15, 0.2) is 36.4 Å². The molecule has 6 nitrogen and oxygen atoms in total. The van der Waals surface area contributed by atoms with Gasteiger partial charge in [-0.1, -0.05) is 26.0 Å². The van der Waals surface area contributed by atoms with Crippen LogP contribution in [0.4, 0.5) is 17.6 Å². The van der Waals surface area contributed by atoms with Crippen molar-refractivity contribution in [1.82, 2.24) is 4.31 Å². The molecule has 5 fully saturated rings. The molecule has 220 valence electrons. The number of fused-ring (bicyclic) bond motifs is 1. The van der Waals surface area contributed by atoms with Gasteiger partial charge in [-0.3, -0.25) is 9.59 Å². The Morgan fingerprint density at radius 2 is 1.39 bits per heavy atom. The zero-order valence-corrected chi connectivity index (χ0v) is 23.4. The van der Waals surface area contributed by atoms with E-state index in [1.165, 1.54) is 16.4 Å². The number of benzene rings is 2. The zero-order chi connectivity index (χ0) is 29.6. The van der Waals surface area contributed by atoms with Crippen LogP contribution in [0.5, 0.6) is 0 Å². The van der Waals surface area contributed by atoms with Crippen LogP contribution in [0.25, 0.3) is 0 Å². The monoisotopic (exact) mass is 593 g/mol. The Morgan fingerprint density at radius 3 is 1.88 bits per heavy atom. The van der Waals surface area contributed by atoms with Gasteiger partial charge in [0.2, 0.25) is 15.9 Å². The van der Waals surface area contributed by atoms with Crippen molar-refractivity contribution in [2.75, 3.05) is 5.75 Å². The average molecular weight is 594 g/mol. The van der Waals surface area contributed by atoms with E-state index < -0.39 is 51.1 Å². The molecule has 2 bridgehead atoms. The molecular weight excluding hydrogens is 562 g/mol. The van der Waals surface area contributed by atoms with Crippen LogP contribution >= 0.6 is 0 Å². The van der Waals surface area contributed by atoms with E-state index in [0.29, 0.717) is 29.9 Å². The fourth-order valence-electron chi connectivity index (χ4n) is 7.90. The number of aliphatic carboxylic acids is 1. The lowest BCUT2D eigenvalue weighted by Gasteiger charge is -2.37. The van der Waals surface area contributed by atoms with Gasteiger partial charge < -0.3 is 5.11 Å². The third-order valence-corrected chi connectivity index (χ3v) is 12.5. The van der Waals surface area contributed by atoms with E-state index in [-0.39, 0.29) is 40.4 Å². The van der Waals surface area contributed by atoms with Crippen LogP contribution < -0.4 is 0 Å². The number of halogens is 4. The highest BCUT2D eigenvalue weighted by Gasteiger charge is 2.73. The highest BCUT2D eigenvalue weighted by molar-refractivity contribution is 7.90. The Hall–Kier alpha value is -2.95. The fourth-order valence-corrected chi connectivity index (χ4v) is 10.5. The summed E-state index contributed by atoms with van der Waals surface area (Å²) in [5.41, 5.74) is 0.713. The smallest absolute Gasteiger partial charge is 0.307 e. The van der Waals surface area contributed by atoms with Crippen molar-refractivity contribution in [3.63, 3.8) is 0 Å². The molecule has 4 aliphatic carbocycles. The summed E-state index contributed by atoms with van der Waals surface area (Å²) in [4.78, 5) is 23.7. The highest BCUT2D eigenvalue weighted by Crippen LogP contribution is 2.70. The molecule has 0 radical (unpaired) electrons. The van der Waals surface area contributed by atoms with Gasteiger partial charge in [0.1, 0.15) is 0 Å². The Bertz CT molecular complexity index is 1560. The molecule has 4 saturated carbocycles. The molecule has 7 atom stereocenters. The van der Waals surface area contributed by atoms with Crippen molar-refractivity contribution < 1.29 is 40.7 Å². The lowest BCUT2D eigenvalue weighted by Crippen LogP contribution is -2.44. The number of carbonyl (C=O) groups is 2. The number of carbonyl (C=O) groups excluding carboxylic acids is 1. The topological polar surface area (TPSA) is 91.8 Å². The molecule has 11 heteroatoms. The summed E-state index contributed by atoms with van der Waals surface area (Å²) in [7, 11) is -3.64. The number of hydrogen-bond acceptors (Lipinski definition) is 4. The van der Waals surface area contributed by atoms with E-state index in [1.807, 2.05) is 0 Å². The van der Waals surface area contributed by atoms with Gasteiger partial charge in [0.25, 0.3) is 0 Å². The molecule has 41 heavy (non-hydrogen) atoms. The molecule has 1 N–H and O–H groups in total. The number of carboxylic acid groups (broad SMARTS) is 1. The van der Waals surface area contributed by atoms with Crippen LogP contribution in [-0.4, -0.2) is 41.5 Å². The van der Waals surface area contributed by atoms with E-state index in [0.717, 1.165) is 43.5 Å². The number of rotatable bonds is 4. The minimum atomic E-state index is -3.64. The second-order valence-corrected chi connectivity index (χ2v) is 14.7. The molecule has 2 aromatic carbocycles. The van der Waals surface area contributed by atoms with Crippen molar-refractivity contribution in [3.05, 3.63) is 70.8 Å². The SMILES string of the molecule is CC1(C)C2CC[C@]13CS(=O)(=O)N(C(=O)[C@@H]1CC1c1ccc(F)c(F)c1)[C@@H]3C2.O=C(O)C1CC1c1ccc(F)c(F)c1. The maximum absolute atomic E-state index is 13.5. The van der Waals surface area contributed by atoms with E-state index >= 15 is 0 Å². The summed E-state index contributed by atoms with van der Waals surface area (Å²) in [5, 5.41) is 8.64. The standard InChI is InChI=1S/C20H23F2NO3S.C10H8F2O2/c1-19(2)12-5-6-20(19)10-27(25,26)23(17(20)8-12)18(24)14-9-13(14)11-3-4-15(21)16(22)7-11;11-8-2-1-5(3-9(8)12)6-4-7(6)10(13)14/h3-4,7,12-14,17H,5-6,8-10H2,1-2H3;1-3,6-7H,4H2,(H,13,14)/t12?,13?,14-,17-,20-;/m1./s1. The van der Waals surface area contributed by atoms with Gasteiger partial charge >= 0.3 is 5.97 Å². The molecule has 1 amide bonds. The van der Waals surface area contributed by atoms with Gasteiger partial charge in [-0.25, -0.2) is 30.3 Å². The quantitative estimate of drug-likeness (QED) is 0.467. The van der Waals surface area contributed by atoms with Gasteiger partial charge in [-0.2, -0.15) is 0 Å². The van der Waals surface area contributed by atoms with Crippen molar-refractivity contribution in [2.24, 2.45) is 28.6 Å². The molecule has 4 unspecified atom stereocenters. The van der Waals surface area contributed by atoms with Crippen molar-refractivity contribution in [1.29, 1.82) is 0 Å². The summed E-state index contributed by atoms with van der Waals surface area (Å²) in [6.07, 6.45) is 3.64. The Morgan fingerprint density at radius 1 is 0.854 bits per heavy atom. The van der Waals surface area contributed by atoms with Crippen LogP contribution in [0.2, 0.25) is 0 Å². The van der Waals surface area contributed by atoms with Gasteiger partial charge in [0.05, 0.1) is 17.7 Å². The third-order valence-electron chi connectivity index (χ3n) is 10.6. The van der Waals surface area contributed by atoms with Gasteiger partial charge in [0.15, 0.2) is 23.3 Å². The second-order valence-electron chi connectivity index (χ2n) is 12.8. The minimum Gasteiger partial charge on any atom is -0.481 e. The molecule has 0 aromatic heterocycles. The summed E-state index contributed by atoms with van der Waals surface area (Å²) in [6, 6.07) is 6.96. The van der Waals surface area contributed by atoms with Crippen LogP contribution in [0.3, 0.4) is 0 Å². The maximum atomic E-state index is 13.5. The van der Waals surface area contributed by atoms with Gasteiger partial charge in [-0.05, 0) is 90.7 Å². The first kappa shape index (κ1) is 28.2. The Labute approximate surface area is 235 Å². The van der Waals surface area contributed by atoms with E-state index in [1.54, 1.807) is 0 Å². The summed E-state index contributed by atoms with van der Waals surface area (Å²) >= 11 is 0. The number of amides is 1. The van der Waals surface area contributed by atoms with Crippen molar-refractivity contribution >= 4 is 21.9 Å². The van der Waals surface area contributed by atoms with E-state index in [9.17, 15) is 35.6 Å². The minimum absolute atomic E-state index is 0.0580. The van der Waals surface area contributed by atoms with Crippen LogP contribution in [0.1, 0.15) is 68.9 Å². The lowest BCUT2D eigenvalue weighted by atomic mass is 9.69. The summed E-state index contributed by atoms with van der Waals surface area (Å²) in [5.74, 6) is -5.66. The number of carboxylic acids is 1. The number of sulfonamides is 1. The molecule has 7 rings (SSSR count). The average Bonchev–Trinajstić information content (AvgIpc) is 3.80. The first-order valence-electron chi connectivity index (χ1n) is 13.9. The molecular formula is C30H31F4NO5S. The Balaban J connectivity index is 0.000000182. The van der Waals surface area contributed by atoms with Crippen molar-refractivity contribution in [3.8, 4) is 0 Å². The second kappa shape index (κ2) is 9.28. The lowest BCUT2D eigenvalue weighted by molar-refractivity contribution is -0.138. The molecule has 1 spiro atoms. The summed E-state index contributed by atoms with van der Waals surface area (Å²) < 4.78 is 79.1. The molecule has 1 heterocycles. The largest absolute Gasteiger partial charge is 0.481 e. The third kappa shape index (κ3) is 4.37. The number of hydrogen-bond donors (Lipinski definition) is 1. The Kier molecular flexibility index (Phi) is 6.38. The summed E-state index contributed by atoms with van der Waals surface area (Å²) in [6.45, 7) is 4.30. The maximum Gasteiger partial charge on any atom is 0.307 e. The van der Waals surface area contributed by atoms with Crippen LogP contribution in [-0.2, 0) is 19.6 Å². The van der Waals surface area contributed by atoms with Gasteiger partial charge in [-0.15, -0.1) is 0 Å². The predicted octanol–water partition coefficient (Wildman–Crippen LogP) is 5.59. The number of nitrogens with zero attached hydrogens (tertiary/aromatic N) is 1. The van der Waals surface area contributed by atoms with Crippen molar-refractivity contribution in [2.45, 2.75) is 63.8 Å². The fraction of sp³-hybridized carbons (Fsp3) is 0.533. The molecule has 5 aliphatic rings. The normalized spacial score (nSPS) is 34.9. The highest BCUT2D eigenvalue weighted by atomic mass is 32.2. The van der Waals surface area contributed by atoms with E-state index in [4.69, 9.17) is 5.11 Å². The van der Waals surface area contributed by atoms with E-state index in [2.05, 4.69) is 13.8 Å². The molecule has 1 aliphatic heterocycles. The molecule has 1 saturated heterocycles. The molecule has 2 aromatic rings. The first-order valence-corrected chi connectivity index (χ1v) is 15.5. The van der Waals surface area contributed by atoms with Gasteiger partial charge in [0, 0.05) is 11.3 Å².